The van der Waals surface area contributed by atoms with Gasteiger partial charge < -0.3 is 14.2 Å². The second kappa shape index (κ2) is 9.99. The second-order valence-corrected chi connectivity index (χ2v) is 10.9. The molecule has 1 unspecified atom stereocenters. The van der Waals surface area contributed by atoms with Crippen molar-refractivity contribution >= 4 is 33.6 Å². The van der Waals surface area contributed by atoms with Crippen LogP contribution in [0.25, 0.3) is 16.7 Å². The number of aromatic nitrogens is 3. The highest BCUT2D eigenvalue weighted by atomic mass is 127. The van der Waals surface area contributed by atoms with E-state index in [1.807, 2.05) is 22.6 Å². The van der Waals surface area contributed by atoms with Gasteiger partial charge in [0, 0.05) is 22.2 Å². The number of halogens is 3. The van der Waals surface area contributed by atoms with Crippen LogP contribution in [0.1, 0.15) is 19.4 Å². The number of nitrogens with zero attached hydrogens (tertiary/aromatic N) is 3. The summed E-state index contributed by atoms with van der Waals surface area (Å²) in [4.78, 5) is 40.8. The van der Waals surface area contributed by atoms with Gasteiger partial charge in [0.15, 0.2) is 5.79 Å². The molecule has 0 saturated carbocycles. The van der Waals surface area contributed by atoms with E-state index in [0.29, 0.717) is 3.57 Å². The molecular formula is C27H24F2IN3O6. The molecule has 0 radical (unpaired) electrons. The van der Waals surface area contributed by atoms with Crippen molar-refractivity contribution in [1.82, 2.24) is 13.7 Å². The predicted octanol–water partition coefficient (Wildman–Crippen LogP) is 3.99. The number of pyridine rings is 1. The predicted molar refractivity (Wildman–Crippen MR) is 148 cm³/mol. The molecule has 0 bridgehead atoms. The molecule has 2 aromatic heterocycles. The smallest absolute Gasteiger partial charge is 0.337 e. The molecule has 12 heteroatoms. The van der Waals surface area contributed by atoms with Gasteiger partial charge in [0.1, 0.15) is 40.3 Å². The van der Waals surface area contributed by atoms with Crippen LogP contribution in [-0.4, -0.2) is 32.2 Å². The summed E-state index contributed by atoms with van der Waals surface area (Å²) in [5.41, 5.74) is -2.49. The standard InChI is InChI=1S/C27H24F2IN3O6/c1-14-17(28)6-5-7-20(14)38-21-11-22(34)31(4)24-23(21)25(35)32(12-16-13-37-27(2,3)39-16)26(36)33(24)19-9-8-15(30)10-18(19)29/h5-11,16H,12-13H2,1-4H3. The van der Waals surface area contributed by atoms with Crippen molar-refractivity contribution in [2.24, 2.45) is 7.05 Å². The summed E-state index contributed by atoms with van der Waals surface area (Å²) in [5.74, 6) is -2.33. The maximum Gasteiger partial charge on any atom is 0.337 e. The van der Waals surface area contributed by atoms with E-state index in [1.165, 1.54) is 44.3 Å². The fourth-order valence-electron chi connectivity index (χ4n) is 4.55. The number of benzene rings is 2. The highest BCUT2D eigenvalue weighted by Gasteiger charge is 2.34. The van der Waals surface area contributed by atoms with E-state index < -0.39 is 40.3 Å². The summed E-state index contributed by atoms with van der Waals surface area (Å²) in [5, 5.41) is -0.170. The van der Waals surface area contributed by atoms with Crippen LogP contribution in [0.4, 0.5) is 8.78 Å². The third kappa shape index (κ3) is 4.92. The van der Waals surface area contributed by atoms with Crippen LogP contribution in [0.2, 0.25) is 0 Å². The van der Waals surface area contributed by atoms with Crippen LogP contribution in [0.15, 0.2) is 56.8 Å². The first-order valence-corrected chi connectivity index (χ1v) is 13.1. The first-order chi connectivity index (χ1) is 18.4. The molecule has 1 atom stereocenters. The van der Waals surface area contributed by atoms with Gasteiger partial charge in [0.05, 0.1) is 18.8 Å². The van der Waals surface area contributed by atoms with Crippen LogP contribution >= 0.6 is 22.6 Å². The van der Waals surface area contributed by atoms with Crippen LogP contribution < -0.4 is 21.5 Å². The van der Waals surface area contributed by atoms with E-state index in [4.69, 9.17) is 14.2 Å². The first-order valence-electron chi connectivity index (χ1n) is 12.0. The molecule has 204 valence electrons. The van der Waals surface area contributed by atoms with E-state index in [9.17, 15) is 18.8 Å². The zero-order valence-corrected chi connectivity index (χ0v) is 23.6. The van der Waals surface area contributed by atoms with E-state index in [-0.39, 0.29) is 46.9 Å². The van der Waals surface area contributed by atoms with Crippen LogP contribution in [0.5, 0.6) is 11.5 Å². The zero-order chi connectivity index (χ0) is 28.2. The minimum atomic E-state index is -0.917. The Labute approximate surface area is 234 Å². The molecule has 1 fully saturated rings. The minimum absolute atomic E-state index is 0.0722. The molecule has 1 aliphatic heterocycles. The zero-order valence-electron chi connectivity index (χ0n) is 21.5. The molecule has 0 N–H and O–H groups in total. The number of ether oxygens (including phenoxy) is 3. The lowest BCUT2D eigenvalue weighted by Gasteiger charge is -2.21. The third-order valence-corrected chi connectivity index (χ3v) is 7.18. The van der Waals surface area contributed by atoms with Crippen molar-refractivity contribution in [3.05, 3.63) is 94.4 Å². The molecule has 0 amide bonds. The fraction of sp³-hybridized carbons (Fsp3) is 0.296. The lowest BCUT2D eigenvalue weighted by Crippen LogP contribution is -2.44. The largest absolute Gasteiger partial charge is 0.456 e. The monoisotopic (exact) mass is 651 g/mol. The highest BCUT2D eigenvalue weighted by Crippen LogP contribution is 2.31. The quantitative estimate of drug-likeness (QED) is 0.304. The van der Waals surface area contributed by atoms with Gasteiger partial charge in [-0.3, -0.25) is 18.7 Å². The van der Waals surface area contributed by atoms with Gasteiger partial charge in [0.25, 0.3) is 11.1 Å². The Hall–Kier alpha value is -3.36. The Morgan fingerprint density at radius 2 is 1.82 bits per heavy atom. The maximum absolute atomic E-state index is 15.3. The number of rotatable bonds is 5. The van der Waals surface area contributed by atoms with Gasteiger partial charge in [-0.15, -0.1) is 0 Å². The Kier molecular flexibility index (Phi) is 6.97. The van der Waals surface area contributed by atoms with Crippen molar-refractivity contribution in [3.8, 4) is 17.2 Å². The molecule has 1 saturated heterocycles. The summed E-state index contributed by atoms with van der Waals surface area (Å²) in [6.07, 6.45) is -0.653. The van der Waals surface area contributed by atoms with Crippen molar-refractivity contribution in [3.63, 3.8) is 0 Å². The molecule has 0 spiro atoms. The molecular weight excluding hydrogens is 627 g/mol. The van der Waals surface area contributed by atoms with Crippen molar-refractivity contribution in [2.45, 2.75) is 39.2 Å². The number of aryl methyl sites for hydroxylation is 1. The molecule has 39 heavy (non-hydrogen) atoms. The molecule has 9 nitrogen and oxygen atoms in total. The summed E-state index contributed by atoms with van der Waals surface area (Å²) >= 11 is 1.93. The molecule has 5 rings (SSSR count). The van der Waals surface area contributed by atoms with Crippen LogP contribution in [0.3, 0.4) is 0 Å². The molecule has 3 heterocycles. The van der Waals surface area contributed by atoms with Gasteiger partial charge in [0.2, 0.25) is 0 Å². The Bertz CT molecular complexity index is 1810. The van der Waals surface area contributed by atoms with E-state index in [0.717, 1.165) is 19.8 Å². The SMILES string of the molecule is Cc1c(F)cccc1Oc1cc(=O)n(C)c2c1c(=O)n(CC1COC(C)(C)O1)c(=O)n2-c1ccc(I)cc1F. The lowest BCUT2D eigenvalue weighted by molar-refractivity contribution is -0.139. The fourth-order valence-corrected chi connectivity index (χ4v) is 5.01. The molecule has 0 aliphatic carbocycles. The summed E-state index contributed by atoms with van der Waals surface area (Å²) < 4.78 is 50.4. The van der Waals surface area contributed by atoms with Crippen molar-refractivity contribution in [1.29, 1.82) is 0 Å². The van der Waals surface area contributed by atoms with Crippen molar-refractivity contribution < 1.29 is 23.0 Å². The Balaban J connectivity index is 1.86. The van der Waals surface area contributed by atoms with E-state index in [2.05, 4.69) is 0 Å². The minimum Gasteiger partial charge on any atom is -0.456 e. The number of fused-ring (bicyclic) bond motifs is 1. The molecule has 1 aliphatic rings. The average Bonchev–Trinajstić information content (AvgIpc) is 3.21. The second-order valence-electron chi connectivity index (χ2n) is 9.65. The van der Waals surface area contributed by atoms with E-state index in [1.54, 1.807) is 19.9 Å². The number of hydrogen-bond donors (Lipinski definition) is 0. The Morgan fingerprint density at radius 1 is 1.08 bits per heavy atom. The lowest BCUT2D eigenvalue weighted by atomic mass is 10.2. The summed E-state index contributed by atoms with van der Waals surface area (Å²) in [6, 6.07) is 9.46. The number of hydrogen-bond acceptors (Lipinski definition) is 6. The van der Waals surface area contributed by atoms with Gasteiger partial charge in [-0.25, -0.2) is 18.1 Å². The third-order valence-electron chi connectivity index (χ3n) is 6.51. The highest BCUT2D eigenvalue weighted by molar-refractivity contribution is 14.1. The van der Waals surface area contributed by atoms with Crippen LogP contribution in [0, 0.1) is 22.1 Å². The van der Waals surface area contributed by atoms with Gasteiger partial charge >= 0.3 is 5.69 Å². The first kappa shape index (κ1) is 27.2. The average molecular weight is 651 g/mol. The summed E-state index contributed by atoms with van der Waals surface area (Å²) in [6.45, 7) is 4.82. The maximum atomic E-state index is 15.3. The molecule has 2 aromatic carbocycles. The van der Waals surface area contributed by atoms with Gasteiger partial charge in [-0.05, 0) is 73.7 Å². The van der Waals surface area contributed by atoms with Crippen molar-refractivity contribution in [2.75, 3.05) is 6.61 Å². The summed E-state index contributed by atoms with van der Waals surface area (Å²) in [7, 11) is 1.36. The van der Waals surface area contributed by atoms with Gasteiger partial charge in [-0.2, -0.15) is 0 Å². The van der Waals surface area contributed by atoms with E-state index >= 15 is 4.39 Å². The topological polar surface area (TPSA) is 93.7 Å². The molecule has 4 aromatic rings. The van der Waals surface area contributed by atoms with Gasteiger partial charge in [-0.1, -0.05) is 6.07 Å². The Morgan fingerprint density at radius 3 is 2.49 bits per heavy atom. The normalized spacial score (nSPS) is 16.6. The van der Waals surface area contributed by atoms with Crippen LogP contribution in [-0.2, 0) is 23.1 Å².